The molecule has 0 aliphatic heterocycles. The zero-order chi connectivity index (χ0) is 25.4. The van der Waals surface area contributed by atoms with Gasteiger partial charge in [-0.3, -0.25) is 9.59 Å². The van der Waals surface area contributed by atoms with Gasteiger partial charge in [0.15, 0.2) is 0 Å². The molecule has 2 aromatic rings. The molecule has 2 amide bonds. The van der Waals surface area contributed by atoms with Crippen molar-refractivity contribution in [2.45, 2.75) is 18.8 Å². The molecule has 1 aromatic carbocycles. The van der Waals surface area contributed by atoms with E-state index in [0.29, 0.717) is 17.4 Å². The standard InChI is InChI=1S/C20H19F6N5O3/c1-2-8-27-15(32)12-4-6-13(7-5-12)30-18-29-11-14(19(21,22)23)16(31-18)34-10-3-9-28-17(33)20(24,25)26/h2,4-7,11H,1,3,8-10H2,(H,27,32)(H,28,33)(H,29,30,31). The normalized spacial score (nSPS) is 11.5. The first kappa shape index (κ1) is 26.4. The summed E-state index contributed by atoms with van der Waals surface area (Å²) in [6.07, 6.45) is -8.12. The number of rotatable bonds is 10. The van der Waals surface area contributed by atoms with Gasteiger partial charge in [-0.1, -0.05) is 6.08 Å². The van der Waals surface area contributed by atoms with E-state index in [0.717, 1.165) is 0 Å². The van der Waals surface area contributed by atoms with Crippen LogP contribution in [0.1, 0.15) is 22.3 Å². The molecule has 0 saturated heterocycles. The van der Waals surface area contributed by atoms with Gasteiger partial charge in [0, 0.05) is 30.5 Å². The number of halogens is 6. The van der Waals surface area contributed by atoms with Crippen LogP contribution in [0.2, 0.25) is 0 Å². The highest BCUT2D eigenvalue weighted by molar-refractivity contribution is 5.94. The minimum Gasteiger partial charge on any atom is -0.477 e. The number of carbonyl (C=O) groups is 2. The Kier molecular flexibility index (Phi) is 8.81. The number of nitrogens with zero attached hydrogens (tertiary/aromatic N) is 2. The summed E-state index contributed by atoms with van der Waals surface area (Å²) in [6, 6.07) is 5.90. The average Bonchev–Trinajstić information content (AvgIpc) is 2.76. The van der Waals surface area contributed by atoms with Crippen LogP contribution >= 0.6 is 0 Å². The Morgan fingerprint density at radius 1 is 1.06 bits per heavy atom. The predicted octanol–water partition coefficient (Wildman–Crippen LogP) is 3.60. The molecule has 0 saturated carbocycles. The maximum absolute atomic E-state index is 13.2. The fourth-order valence-corrected chi connectivity index (χ4v) is 2.38. The number of anilines is 2. The van der Waals surface area contributed by atoms with Crippen molar-refractivity contribution in [3.05, 3.63) is 54.2 Å². The Morgan fingerprint density at radius 2 is 1.74 bits per heavy atom. The first-order valence-corrected chi connectivity index (χ1v) is 9.60. The molecule has 3 N–H and O–H groups in total. The van der Waals surface area contributed by atoms with Crippen LogP contribution in [-0.4, -0.2) is 47.7 Å². The molecular formula is C20H19F6N5O3. The Labute approximate surface area is 189 Å². The van der Waals surface area contributed by atoms with E-state index in [2.05, 4.69) is 27.2 Å². The number of aromatic nitrogens is 2. The first-order valence-electron chi connectivity index (χ1n) is 9.60. The lowest BCUT2D eigenvalue weighted by atomic mass is 10.2. The van der Waals surface area contributed by atoms with Gasteiger partial charge in [0.05, 0.1) is 6.61 Å². The van der Waals surface area contributed by atoms with E-state index < -0.39 is 42.9 Å². The average molecular weight is 491 g/mol. The number of nitrogens with one attached hydrogen (secondary N) is 3. The van der Waals surface area contributed by atoms with E-state index >= 15 is 0 Å². The van der Waals surface area contributed by atoms with Crippen LogP contribution < -0.4 is 20.7 Å². The topological polar surface area (TPSA) is 105 Å². The monoisotopic (exact) mass is 491 g/mol. The number of benzene rings is 1. The van der Waals surface area contributed by atoms with E-state index in [1.807, 2.05) is 0 Å². The molecule has 2 rings (SSSR count). The minimum atomic E-state index is -5.06. The van der Waals surface area contributed by atoms with Crippen LogP contribution in [0.15, 0.2) is 43.1 Å². The maximum Gasteiger partial charge on any atom is 0.471 e. The molecule has 0 unspecified atom stereocenters. The molecule has 34 heavy (non-hydrogen) atoms. The highest BCUT2D eigenvalue weighted by Gasteiger charge is 2.38. The first-order chi connectivity index (χ1) is 15.9. The number of ether oxygens (including phenoxy) is 1. The van der Waals surface area contributed by atoms with Gasteiger partial charge in [-0.15, -0.1) is 6.58 Å². The summed E-state index contributed by atoms with van der Waals surface area (Å²) < 4.78 is 81.0. The summed E-state index contributed by atoms with van der Waals surface area (Å²) in [5, 5.41) is 6.83. The summed E-state index contributed by atoms with van der Waals surface area (Å²) in [5.74, 6) is -3.61. The van der Waals surface area contributed by atoms with Gasteiger partial charge in [0.2, 0.25) is 11.8 Å². The molecule has 0 fully saturated rings. The molecule has 0 bridgehead atoms. The van der Waals surface area contributed by atoms with Crippen LogP contribution in [0.3, 0.4) is 0 Å². The molecule has 14 heteroatoms. The Morgan fingerprint density at radius 3 is 2.32 bits per heavy atom. The SMILES string of the molecule is C=CCNC(=O)c1ccc(Nc2ncc(C(F)(F)F)c(OCCCNC(=O)C(F)(F)F)n2)cc1. The Bertz CT molecular complexity index is 1010. The fourth-order valence-electron chi connectivity index (χ4n) is 2.38. The van der Waals surface area contributed by atoms with Crippen LogP contribution in [0.25, 0.3) is 0 Å². The number of hydrogen-bond acceptors (Lipinski definition) is 6. The second-order valence-corrected chi connectivity index (χ2v) is 6.57. The van der Waals surface area contributed by atoms with Gasteiger partial charge >= 0.3 is 18.3 Å². The highest BCUT2D eigenvalue weighted by atomic mass is 19.4. The Balaban J connectivity index is 2.05. The van der Waals surface area contributed by atoms with Crippen molar-refractivity contribution in [3.8, 4) is 5.88 Å². The van der Waals surface area contributed by atoms with Crippen LogP contribution in [0, 0.1) is 0 Å². The zero-order valence-corrected chi connectivity index (χ0v) is 17.4. The third-order valence-corrected chi connectivity index (χ3v) is 3.97. The summed E-state index contributed by atoms with van der Waals surface area (Å²) in [4.78, 5) is 29.9. The van der Waals surface area contributed by atoms with Gasteiger partial charge in [-0.25, -0.2) is 4.98 Å². The molecule has 0 aliphatic carbocycles. The minimum absolute atomic E-state index is 0.207. The summed E-state index contributed by atoms with van der Waals surface area (Å²) in [5.41, 5.74) is -0.588. The van der Waals surface area contributed by atoms with Crippen LogP contribution in [0.5, 0.6) is 5.88 Å². The number of hydrogen-bond donors (Lipinski definition) is 3. The molecule has 1 heterocycles. The van der Waals surface area contributed by atoms with Crippen molar-refractivity contribution in [2.75, 3.05) is 25.0 Å². The van der Waals surface area contributed by atoms with E-state index in [1.54, 1.807) is 5.32 Å². The predicted molar refractivity (Wildman–Crippen MR) is 108 cm³/mol. The van der Waals surface area contributed by atoms with Crippen LogP contribution in [0.4, 0.5) is 38.0 Å². The molecule has 184 valence electrons. The second-order valence-electron chi connectivity index (χ2n) is 6.57. The number of amides is 2. The van der Waals surface area contributed by atoms with Crippen molar-refractivity contribution >= 4 is 23.5 Å². The Hall–Kier alpha value is -3.84. The summed E-state index contributed by atoms with van der Waals surface area (Å²) in [6.45, 7) is 2.83. The van der Waals surface area contributed by atoms with E-state index in [9.17, 15) is 35.9 Å². The number of alkyl halides is 6. The third-order valence-electron chi connectivity index (χ3n) is 3.97. The van der Waals surface area contributed by atoms with E-state index in [1.165, 1.54) is 30.3 Å². The van der Waals surface area contributed by atoms with Gasteiger partial charge in [-0.05, 0) is 30.7 Å². The van der Waals surface area contributed by atoms with E-state index in [-0.39, 0.29) is 24.8 Å². The zero-order valence-electron chi connectivity index (χ0n) is 17.4. The largest absolute Gasteiger partial charge is 0.477 e. The van der Waals surface area contributed by atoms with Gasteiger partial charge in [0.1, 0.15) is 5.56 Å². The lowest BCUT2D eigenvalue weighted by molar-refractivity contribution is -0.173. The number of carbonyl (C=O) groups excluding carboxylic acids is 2. The fraction of sp³-hybridized carbons (Fsp3) is 0.300. The maximum atomic E-state index is 13.2. The highest BCUT2D eigenvalue weighted by Crippen LogP contribution is 2.35. The molecule has 1 aromatic heterocycles. The second kappa shape index (κ2) is 11.3. The summed E-state index contributed by atoms with van der Waals surface area (Å²) >= 11 is 0. The molecule has 0 aliphatic rings. The lowest BCUT2D eigenvalue weighted by Gasteiger charge is -2.14. The third kappa shape index (κ3) is 7.94. The molecular weight excluding hydrogens is 472 g/mol. The van der Waals surface area contributed by atoms with Gasteiger partial charge < -0.3 is 20.7 Å². The van der Waals surface area contributed by atoms with Crippen molar-refractivity contribution in [2.24, 2.45) is 0 Å². The van der Waals surface area contributed by atoms with Gasteiger partial charge in [-0.2, -0.15) is 31.3 Å². The smallest absolute Gasteiger partial charge is 0.471 e. The lowest BCUT2D eigenvalue weighted by Crippen LogP contribution is -2.37. The van der Waals surface area contributed by atoms with Crippen LogP contribution in [-0.2, 0) is 11.0 Å². The van der Waals surface area contributed by atoms with Gasteiger partial charge in [0.25, 0.3) is 5.91 Å². The van der Waals surface area contributed by atoms with E-state index in [4.69, 9.17) is 4.74 Å². The summed E-state index contributed by atoms with van der Waals surface area (Å²) in [7, 11) is 0. The van der Waals surface area contributed by atoms with Crippen molar-refractivity contribution in [3.63, 3.8) is 0 Å². The quantitative estimate of drug-likeness (QED) is 0.267. The molecule has 0 spiro atoms. The molecule has 0 radical (unpaired) electrons. The molecule has 0 atom stereocenters. The molecule has 8 nitrogen and oxygen atoms in total. The van der Waals surface area contributed by atoms with Crippen molar-refractivity contribution in [1.29, 1.82) is 0 Å². The van der Waals surface area contributed by atoms with Crippen molar-refractivity contribution < 1.29 is 40.7 Å². The van der Waals surface area contributed by atoms with Crippen molar-refractivity contribution in [1.82, 2.24) is 20.6 Å².